The molecule has 0 saturated heterocycles. The number of benzene rings is 1. The van der Waals surface area contributed by atoms with Crippen LogP contribution < -0.4 is 15.4 Å². The second kappa shape index (κ2) is 8.75. The fraction of sp³-hybridized carbons (Fsp3) is 0.353. The molecule has 1 aromatic carbocycles. The summed E-state index contributed by atoms with van der Waals surface area (Å²) in [4.78, 5) is 5.40. The summed E-state index contributed by atoms with van der Waals surface area (Å²) < 4.78 is 41.0. The van der Waals surface area contributed by atoms with Gasteiger partial charge in [-0.15, -0.1) is 11.3 Å². The van der Waals surface area contributed by atoms with E-state index in [4.69, 9.17) is 0 Å². The average Bonchev–Trinajstić information content (AvgIpc) is 2.98. The van der Waals surface area contributed by atoms with E-state index in [0.717, 1.165) is 5.56 Å². The lowest BCUT2D eigenvalue weighted by molar-refractivity contribution is -0.153. The van der Waals surface area contributed by atoms with Crippen molar-refractivity contribution >= 4 is 17.3 Å². The van der Waals surface area contributed by atoms with Crippen LogP contribution in [0.1, 0.15) is 16.0 Å². The van der Waals surface area contributed by atoms with Crippen molar-refractivity contribution < 1.29 is 17.9 Å². The monoisotopic (exact) mass is 371 g/mol. The first-order chi connectivity index (χ1) is 11.9. The van der Waals surface area contributed by atoms with Crippen LogP contribution in [0.2, 0.25) is 0 Å². The Morgan fingerprint density at radius 1 is 1.12 bits per heavy atom. The Balaban J connectivity index is 1.80. The van der Waals surface area contributed by atoms with Gasteiger partial charge in [0.1, 0.15) is 5.75 Å². The molecule has 25 heavy (non-hydrogen) atoms. The Morgan fingerprint density at radius 3 is 2.36 bits per heavy atom. The number of ether oxygens (including phenoxy) is 1. The summed E-state index contributed by atoms with van der Waals surface area (Å²) >= 11 is 1.69. The zero-order valence-electron chi connectivity index (χ0n) is 14.0. The van der Waals surface area contributed by atoms with Crippen molar-refractivity contribution in [3.63, 3.8) is 0 Å². The molecule has 0 aliphatic rings. The quantitative estimate of drug-likeness (QED) is 0.599. The van der Waals surface area contributed by atoms with Crippen molar-refractivity contribution in [2.75, 3.05) is 13.7 Å². The molecule has 0 radical (unpaired) electrons. The van der Waals surface area contributed by atoms with Gasteiger partial charge in [0.2, 0.25) is 0 Å². The molecule has 4 nitrogen and oxygen atoms in total. The number of alkyl halides is 3. The van der Waals surface area contributed by atoms with Gasteiger partial charge in [-0.1, -0.05) is 12.1 Å². The Hall–Kier alpha value is -2.22. The minimum atomic E-state index is -4.33. The van der Waals surface area contributed by atoms with Crippen molar-refractivity contribution in [3.05, 3.63) is 51.7 Å². The van der Waals surface area contributed by atoms with Crippen LogP contribution >= 0.6 is 11.3 Å². The molecule has 0 atom stereocenters. The zero-order chi connectivity index (χ0) is 18.3. The van der Waals surface area contributed by atoms with Crippen molar-refractivity contribution in [3.8, 4) is 5.75 Å². The summed E-state index contributed by atoms with van der Waals surface area (Å²) in [6, 6.07) is 8.55. The van der Waals surface area contributed by atoms with Gasteiger partial charge in [-0.3, -0.25) is 4.99 Å². The largest absolute Gasteiger partial charge is 0.484 e. The van der Waals surface area contributed by atoms with Crippen LogP contribution in [0.25, 0.3) is 0 Å². The third kappa shape index (κ3) is 6.66. The summed E-state index contributed by atoms with van der Waals surface area (Å²) in [5.41, 5.74) is 2.15. The second-order valence-corrected chi connectivity index (χ2v) is 6.35. The third-order valence-electron chi connectivity index (χ3n) is 3.39. The number of halogens is 3. The number of guanidine groups is 1. The molecule has 1 heterocycles. The van der Waals surface area contributed by atoms with Gasteiger partial charge in [0.25, 0.3) is 0 Å². The van der Waals surface area contributed by atoms with Crippen LogP contribution in [-0.4, -0.2) is 25.8 Å². The number of aryl methyl sites for hydroxylation is 1. The molecule has 0 aliphatic heterocycles. The molecule has 0 spiro atoms. The average molecular weight is 371 g/mol. The molecule has 2 aromatic rings. The number of hydrogen-bond donors (Lipinski definition) is 2. The lowest BCUT2D eigenvalue weighted by Crippen LogP contribution is -2.36. The lowest BCUT2D eigenvalue weighted by atomic mass is 10.2. The SMILES string of the molecule is CN=C(NCc1ccc(OCC(F)(F)F)cc1)NCc1sccc1C. The van der Waals surface area contributed by atoms with Gasteiger partial charge >= 0.3 is 6.18 Å². The summed E-state index contributed by atoms with van der Waals surface area (Å²) in [5.74, 6) is 0.849. The van der Waals surface area contributed by atoms with Gasteiger partial charge in [0.15, 0.2) is 12.6 Å². The molecule has 8 heteroatoms. The number of nitrogens with one attached hydrogen (secondary N) is 2. The van der Waals surface area contributed by atoms with Crippen LogP contribution in [0.15, 0.2) is 40.7 Å². The molecule has 0 saturated carbocycles. The first-order valence-electron chi connectivity index (χ1n) is 7.63. The smallest absolute Gasteiger partial charge is 0.422 e. The van der Waals surface area contributed by atoms with Crippen LogP contribution in [-0.2, 0) is 13.1 Å². The van der Waals surface area contributed by atoms with E-state index in [-0.39, 0.29) is 5.75 Å². The van der Waals surface area contributed by atoms with Gasteiger partial charge in [-0.25, -0.2) is 0 Å². The minimum absolute atomic E-state index is 0.191. The first-order valence-corrected chi connectivity index (χ1v) is 8.51. The van der Waals surface area contributed by atoms with Crippen molar-refractivity contribution in [1.82, 2.24) is 10.6 Å². The van der Waals surface area contributed by atoms with Crippen LogP contribution in [0, 0.1) is 6.92 Å². The molecule has 0 unspecified atom stereocenters. The van der Waals surface area contributed by atoms with Gasteiger partial charge in [0, 0.05) is 18.5 Å². The van der Waals surface area contributed by atoms with E-state index in [1.807, 2.05) is 5.38 Å². The number of thiophene rings is 1. The van der Waals surface area contributed by atoms with Crippen LogP contribution in [0.4, 0.5) is 13.2 Å². The number of hydrogen-bond acceptors (Lipinski definition) is 3. The molecule has 0 amide bonds. The van der Waals surface area contributed by atoms with E-state index < -0.39 is 12.8 Å². The normalized spacial score (nSPS) is 12.1. The molecule has 2 rings (SSSR count). The van der Waals surface area contributed by atoms with E-state index in [0.29, 0.717) is 19.0 Å². The highest BCUT2D eigenvalue weighted by atomic mass is 32.1. The lowest BCUT2D eigenvalue weighted by Gasteiger charge is -2.12. The highest BCUT2D eigenvalue weighted by Crippen LogP contribution is 2.19. The standard InChI is InChI=1S/C17H20F3N3OS/c1-12-7-8-25-15(12)10-23-16(21-2)22-9-13-3-5-14(6-4-13)24-11-17(18,19)20/h3-8H,9-11H2,1-2H3,(H2,21,22,23). The first kappa shape index (κ1) is 19.1. The molecule has 2 N–H and O–H groups in total. The molecule has 0 fully saturated rings. The Kier molecular flexibility index (Phi) is 6.69. The predicted octanol–water partition coefficient (Wildman–Crippen LogP) is 3.86. The van der Waals surface area contributed by atoms with E-state index >= 15 is 0 Å². The maximum absolute atomic E-state index is 12.1. The van der Waals surface area contributed by atoms with E-state index in [2.05, 4.69) is 33.4 Å². The number of rotatable bonds is 6. The highest BCUT2D eigenvalue weighted by Gasteiger charge is 2.28. The maximum Gasteiger partial charge on any atom is 0.422 e. The third-order valence-corrected chi connectivity index (χ3v) is 4.42. The molecular weight excluding hydrogens is 351 g/mol. The molecule has 1 aromatic heterocycles. The van der Waals surface area contributed by atoms with Crippen molar-refractivity contribution in [1.29, 1.82) is 0 Å². The Bertz CT molecular complexity index is 696. The molecule has 0 aliphatic carbocycles. The van der Waals surface area contributed by atoms with E-state index in [1.54, 1.807) is 30.5 Å². The van der Waals surface area contributed by atoms with Crippen molar-refractivity contribution in [2.24, 2.45) is 4.99 Å². The number of aliphatic imine (C=N–C) groups is 1. The van der Waals surface area contributed by atoms with Crippen LogP contribution in [0.3, 0.4) is 0 Å². The van der Waals surface area contributed by atoms with Crippen molar-refractivity contribution in [2.45, 2.75) is 26.2 Å². The zero-order valence-corrected chi connectivity index (χ0v) is 14.8. The Morgan fingerprint density at radius 2 is 1.80 bits per heavy atom. The maximum atomic E-state index is 12.1. The van der Waals surface area contributed by atoms with E-state index in [1.165, 1.54) is 22.6 Å². The van der Waals surface area contributed by atoms with Gasteiger partial charge in [-0.05, 0) is 41.6 Å². The van der Waals surface area contributed by atoms with Gasteiger partial charge in [-0.2, -0.15) is 13.2 Å². The highest BCUT2D eigenvalue weighted by molar-refractivity contribution is 7.10. The summed E-state index contributed by atoms with van der Waals surface area (Å²) in [6.45, 7) is 1.96. The summed E-state index contributed by atoms with van der Waals surface area (Å²) in [7, 11) is 1.69. The molecular formula is C17H20F3N3OS. The van der Waals surface area contributed by atoms with Gasteiger partial charge in [0.05, 0.1) is 6.54 Å². The summed E-state index contributed by atoms with van der Waals surface area (Å²) in [5, 5.41) is 8.44. The predicted molar refractivity (Wildman–Crippen MR) is 94.1 cm³/mol. The van der Waals surface area contributed by atoms with E-state index in [9.17, 15) is 13.2 Å². The molecule has 0 bridgehead atoms. The summed E-state index contributed by atoms with van der Waals surface area (Å²) in [6.07, 6.45) is -4.33. The minimum Gasteiger partial charge on any atom is -0.484 e. The molecule has 136 valence electrons. The second-order valence-electron chi connectivity index (χ2n) is 5.35. The topological polar surface area (TPSA) is 45.7 Å². The fourth-order valence-corrected chi connectivity index (χ4v) is 2.87. The van der Waals surface area contributed by atoms with Crippen LogP contribution in [0.5, 0.6) is 5.75 Å². The number of nitrogens with zero attached hydrogens (tertiary/aromatic N) is 1. The Labute approximate surface area is 148 Å². The van der Waals surface area contributed by atoms with Gasteiger partial charge < -0.3 is 15.4 Å². The fourth-order valence-electron chi connectivity index (χ4n) is 2.02.